The average Bonchev–Trinajstić information content (AvgIpc) is 2.45. The molecule has 0 aromatic heterocycles. The van der Waals surface area contributed by atoms with E-state index in [1.54, 1.807) is 7.11 Å². The highest BCUT2D eigenvalue weighted by Gasteiger charge is 2.14. The fraction of sp³-hybridized carbons (Fsp3) is 0.588. The van der Waals surface area contributed by atoms with Gasteiger partial charge in [0.1, 0.15) is 5.75 Å². The Bertz CT molecular complexity index is 448. The van der Waals surface area contributed by atoms with Gasteiger partial charge in [-0.25, -0.2) is 4.79 Å². The highest BCUT2D eigenvalue weighted by molar-refractivity contribution is 5.74. The molecular weight excluding hydrogens is 264 g/mol. The summed E-state index contributed by atoms with van der Waals surface area (Å²) < 4.78 is 5.21. The topological polar surface area (TPSA) is 50.4 Å². The summed E-state index contributed by atoms with van der Waals surface area (Å²) in [4.78, 5) is 12.0. The smallest absolute Gasteiger partial charge is 0.315 e. The Balaban J connectivity index is 2.45. The number of carbonyl (C=O) groups is 1. The van der Waals surface area contributed by atoms with Crippen LogP contribution in [0.4, 0.5) is 4.79 Å². The minimum absolute atomic E-state index is 0.0706. The van der Waals surface area contributed by atoms with Crippen LogP contribution in [0.15, 0.2) is 24.3 Å². The lowest BCUT2D eigenvalue weighted by atomic mass is 10.0. The number of ether oxygens (including phenoxy) is 1. The van der Waals surface area contributed by atoms with Gasteiger partial charge in [-0.2, -0.15) is 0 Å². The van der Waals surface area contributed by atoms with Gasteiger partial charge in [0.25, 0.3) is 0 Å². The molecule has 0 saturated heterocycles. The molecule has 0 spiro atoms. The lowest BCUT2D eigenvalue weighted by molar-refractivity contribution is 0.230. The zero-order chi connectivity index (χ0) is 15.8. The molecule has 1 aromatic carbocycles. The summed E-state index contributed by atoms with van der Waals surface area (Å²) >= 11 is 0. The summed E-state index contributed by atoms with van der Waals surface area (Å²) in [5.41, 5.74) is 1.15. The highest BCUT2D eigenvalue weighted by Crippen LogP contribution is 2.14. The monoisotopic (exact) mass is 292 g/mol. The van der Waals surface area contributed by atoms with Crippen molar-refractivity contribution in [1.29, 1.82) is 0 Å². The van der Waals surface area contributed by atoms with Gasteiger partial charge < -0.3 is 15.4 Å². The minimum atomic E-state index is -0.0989. The molecule has 1 rings (SSSR count). The molecule has 0 aliphatic rings. The van der Waals surface area contributed by atoms with Gasteiger partial charge in [-0.15, -0.1) is 0 Å². The number of methoxy groups -OCH3 is 1. The van der Waals surface area contributed by atoms with E-state index in [1.807, 2.05) is 38.1 Å². The molecule has 0 heterocycles. The number of carbonyl (C=O) groups excluding carboxylic acids is 1. The van der Waals surface area contributed by atoms with Crippen LogP contribution in [0.5, 0.6) is 5.75 Å². The minimum Gasteiger partial charge on any atom is -0.497 e. The molecule has 2 N–H and O–H groups in total. The first kappa shape index (κ1) is 17.3. The molecule has 0 aliphatic carbocycles. The molecule has 0 aliphatic heterocycles. The van der Waals surface area contributed by atoms with E-state index in [2.05, 4.69) is 24.5 Å². The van der Waals surface area contributed by atoms with E-state index in [0.29, 0.717) is 5.92 Å². The van der Waals surface area contributed by atoms with Crippen LogP contribution in [0.3, 0.4) is 0 Å². The van der Waals surface area contributed by atoms with Crippen LogP contribution in [0.1, 0.15) is 39.7 Å². The summed E-state index contributed by atoms with van der Waals surface area (Å²) in [6.45, 7) is 8.32. The van der Waals surface area contributed by atoms with Gasteiger partial charge in [0.15, 0.2) is 0 Å². The third-order valence-electron chi connectivity index (χ3n) is 3.91. The van der Waals surface area contributed by atoms with Crippen LogP contribution in [-0.2, 0) is 6.42 Å². The van der Waals surface area contributed by atoms with Crippen molar-refractivity contribution in [2.24, 2.45) is 5.92 Å². The molecule has 3 atom stereocenters. The van der Waals surface area contributed by atoms with Crippen molar-refractivity contribution < 1.29 is 9.53 Å². The first-order valence-corrected chi connectivity index (χ1v) is 7.66. The van der Waals surface area contributed by atoms with Crippen molar-refractivity contribution in [2.45, 2.75) is 52.6 Å². The molecule has 0 bridgehead atoms. The Hall–Kier alpha value is -1.71. The number of nitrogens with one attached hydrogen (secondary N) is 2. The normalized spacial score (nSPS) is 14.9. The van der Waals surface area contributed by atoms with Crippen LogP contribution >= 0.6 is 0 Å². The summed E-state index contributed by atoms with van der Waals surface area (Å²) in [5, 5.41) is 5.98. The molecule has 21 heavy (non-hydrogen) atoms. The van der Waals surface area contributed by atoms with Crippen LogP contribution in [-0.4, -0.2) is 25.2 Å². The predicted molar refractivity (Wildman–Crippen MR) is 86.7 cm³/mol. The SMILES string of the molecule is CCC(C)C(C)NC(=O)NC(C)Cc1cccc(OC)c1. The van der Waals surface area contributed by atoms with Crippen molar-refractivity contribution in [2.75, 3.05) is 7.11 Å². The van der Waals surface area contributed by atoms with E-state index in [1.165, 1.54) is 0 Å². The number of amides is 2. The maximum Gasteiger partial charge on any atom is 0.315 e. The molecule has 1 aromatic rings. The molecule has 0 radical (unpaired) electrons. The Morgan fingerprint density at radius 2 is 1.95 bits per heavy atom. The Labute approximate surface area is 128 Å². The maximum absolute atomic E-state index is 12.0. The number of hydrogen-bond acceptors (Lipinski definition) is 2. The largest absolute Gasteiger partial charge is 0.497 e. The van der Waals surface area contributed by atoms with E-state index in [0.717, 1.165) is 24.2 Å². The number of rotatable bonds is 7. The fourth-order valence-electron chi connectivity index (χ4n) is 2.17. The van der Waals surface area contributed by atoms with E-state index >= 15 is 0 Å². The maximum atomic E-state index is 12.0. The summed E-state index contributed by atoms with van der Waals surface area (Å²) in [6, 6.07) is 8.07. The third kappa shape index (κ3) is 6.06. The van der Waals surface area contributed by atoms with E-state index in [9.17, 15) is 4.79 Å². The Morgan fingerprint density at radius 1 is 1.24 bits per heavy atom. The van der Waals surface area contributed by atoms with Gasteiger partial charge >= 0.3 is 6.03 Å². The van der Waals surface area contributed by atoms with E-state index in [4.69, 9.17) is 4.74 Å². The molecule has 118 valence electrons. The van der Waals surface area contributed by atoms with Gasteiger partial charge in [-0.05, 0) is 43.9 Å². The van der Waals surface area contributed by atoms with Crippen molar-refractivity contribution in [3.05, 3.63) is 29.8 Å². The standard InChI is InChI=1S/C17H28N2O2/c1-6-12(2)14(4)19-17(20)18-13(3)10-15-8-7-9-16(11-15)21-5/h7-9,11-14H,6,10H2,1-5H3,(H2,18,19,20). The average molecular weight is 292 g/mol. The second-order valence-corrected chi connectivity index (χ2v) is 5.75. The van der Waals surface area contributed by atoms with Crippen molar-refractivity contribution in [1.82, 2.24) is 10.6 Å². The molecule has 0 saturated carbocycles. The van der Waals surface area contributed by atoms with Crippen LogP contribution in [0.2, 0.25) is 0 Å². The van der Waals surface area contributed by atoms with Crippen LogP contribution in [0, 0.1) is 5.92 Å². The molecule has 4 heteroatoms. The summed E-state index contributed by atoms with van der Waals surface area (Å²) in [7, 11) is 1.66. The van der Waals surface area contributed by atoms with Crippen molar-refractivity contribution >= 4 is 6.03 Å². The fourth-order valence-corrected chi connectivity index (χ4v) is 2.17. The number of urea groups is 1. The Kier molecular flexibility index (Phi) is 7.06. The van der Waals surface area contributed by atoms with Crippen molar-refractivity contribution in [3.8, 4) is 5.75 Å². The number of hydrogen-bond donors (Lipinski definition) is 2. The zero-order valence-corrected chi connectivity index (χ0v) is 13.8. The summed E-state index contributed by atoms with van der Waals surface area (Å²) in [6.07, 6.45) is 1.84. The van der Waals surface area contributed by atoms with Gasteiger partial charge in [0.2, 0.25) is 0 Å². The first-order chi connectivity index (χ1) is 9.96. The van der Waals surface area contributed by atoms with E-state index in [-0.39, 0.29) is 18.1 Å². The zero-order valence-electron chi connectivity index (χ0n) is 13.8. The molecule has 2 amide bonds. The van der Waals surface area contributed by atoms with Gasteiger partial charge in [-0.3, -0.25) is 0 Å². The first-order valence-electron chi connectivity index (χ1n) is 7.66. The quantitative estimate of drug-likeness (QED) is 0.809. The molecular formula is C17H28N2O2. The lowest BCUT2D eigenvalue weighted by Crippen LogP contribution is -2.46. The van der Waals surface area contributed by atoms with Crippen LogP contribution in [0.25, 0.3) is 0 Å². The van der Waals surface area contributed by atoms with E-state index < -0.39 is 0 Å². The molecule has 4 nitrogen and oxygen atoms in total. The van der Waals surface area contributed by atoms with Crippen molar-refractivity contribution in [3.63, 3.8) is 0 Å². The third-order valence-corrected chi connectivity index (χ3v) is 3.91. The molecule has 3 unspecified atom stereocenters. The predicted octanol–water partition coefficient (Wildman–Crippen LogP) is 3.36. The Morgan fingerprint density at radius 3 is 2.57 bits per heavy atom. The highest BCUT2D eigenvalue weighted by atomic mass is 16.5. The van der Waals surface area contributed by atoms with Gasteiger partial charge in [-0.1, -0.05) is 32.4 Å². The van der Waals surface area contributed by atoms with Crippen LogP contribution < -0.4 is 15.4 Å². The second kappa shape index (κ2) is 8.55. The van der Waals surface area contributed by atoms with Gasteiger partial charge in [0.05, 0.1) is 7.11 Å². The second-order valence-electron chi connectivity index (χ2n) is 5.75. The number of benzene rings is 1. The molecule has 0 fully saturated rings. The summed E-state index contributed by atoms with van der Waals surface area (Å²) in [5.74, 6) is 1.32. The lowest BCUT2D eigenvalue weighted by Gasteiger charge is -2.22. The van der Waals surface area contributed by atoms with Gasteiger partial charge in [0, 0.05) is 12.1 Å².